The summed E-state index contributed by atoms with van der Waals surface area (Å²) < 4.78 is 62.5. The third-order valence-corrected chi connectivity index (χ3v) is 14.4. The lowest BCUT2D eigenvalue weighted by Crippen LogP contribution is -2.36. The maximum Gasteiger partial charge on any atom is 0.481 e. The van der Waals surface area contributed by atoms with Gasteiger partial charge in [0, 0.05) is 19.0 Å². The van der Waals surface area contributed by atoms with Crippen LogP contribution < -0.4 is 11.4 Å². The van der Waals surface area contributed by atoms with Gasteiger partial charge in [-0.1, -0.05) is 142 Å². The highest BCUT2D eigenvalue weighted by molar-refractivity contribution is 7.61. The molecule has 4 unspecified atom stereocenters. The van der Waals surface area contributed by atoms with E-state index < -0.39 is 83.7 Å². The van der Waals surface area contributed by atoms with E-state index in [1.165, 1.54) is 76.7 Å². The molecule has 0 bridgehead atoms. The second-order valence-corrected chi connectivity index (χ2v) is 20.8. The molecule has 1 aromatic rings. The van der Waals surface area contributed by atoms with Gasteiger partial charge in [-0.2, -0.15) is 9.29 Å². The first-order valence-corrected chi connectivity index (χ1v) is 27.8. The molecule has 0 saturated carbocycles. The molecular formula is C46H81N3O16P2. The number of phosphoric acid groups is 2. The van der Waals surface area contributed by atoms with Gasteiger partial charge in [-0.05, 0) is 44.6 Å². The molecule has 2 fully saturated rings. The van der Waals surface area contributed by atoms with Crippen molar-refractivity contribution in [3.8, 4) is 0 Å². The van der Waals surface area contributed by atoms with Gasteiger partial charge in [-0.15, -0.1) is 0 Å². The summed E-state index contributed by atoms with van der Waals surface area (Å²) in [5.41, 5.74) is 4.59. The second kappa shape index (κ2) is 33.1. The molecule has 0 aliphatic carbocycles. The van der Waals surface area contributed by atoms with Crippen LogP contribution in [0.4, 0.5) is 5.82 Å². The summed E-state index contributed by atoms with van der Waals surface area (Å²) in [6.45, 7) is 2.11. The first-order chi connectivity index (χ1) is 32.1. The van der Waals surface area contributed by atoms with E-state index in [1.54, 1.807) is 0 Å². The third kappa shape index (κ3) is 25.8. The Morgan fingerprint density at radius 2 is 1.30 bits per heavy atom. The third-order valence-electron chi connectivity index (χ3n) is 11.8. The fourth-order valence-corrected chi connectivity index (χ4v) is 9.90. The molecule has 2 saturated heterocycles. The number of aliphatic hydroxyl groups is 2. The van der Waals surface area contributed by atoms with Gasteiger partial charge in [0.25, 0.3) is 0 Å². The highest BCUT2D eigenvalue weighted by Crippen LogP contribution is 2.60. The maximum atomic E-state index is 12.8. The van der Waals surface area contributed by atoms with E-state index in [-0.39, 0.29) is 18.7 Å². The van der Waals surface area contributed by atoms with Gasteiger partial charge in [0.1, 0.15) is 30.7 Å². The van der Waals surface area contributed by atoms with Crippen molar-refractivity contribution in [2.24, 2.45) is 0 Å². The number of aromatic nitrogens is 2. The number of anilines is 1. The lowest BCUT2D eigenvalue weighted by Gasteiger charge is -2.21. The van der Waals surface area contributed by atoms with E-state index >= 15 is 0 Å². The number of allylic oxidation sites excluding steroid dienone is 1. The average Bonchev–Trinajstić information content (AvgIpc) is 3.97. The van der Waals surface area contributed by atoms with Gasteiger partial charge in [0.15, 0.2) is 12.3 Å². The lowest BCUT2D eigenvalue weighted by molar-refractivity contribution is -0.161. The number of hydrogen-bond acceptors (Lipinski definition) is 16. The van der Waals surface area contributed by atoms with E-state index in [9.17, 15) is 43.5 Å². The molecule has 0 aromatic carbocycles. The van der Waals surface area contributed by atoms with Crippen molar-refractivity contribution in [3.63, 3.8) is 0 Å². The van der Waals surface area contributed by atoms with Crippen molar-refractivity contribution in [3.05, 3.63) is 34.9 Å². The number of nitrogens with two attached hydrogens (primary N) is 1. The number of aliphatic hydroxyl groups excluding tert-OH is 2. The first-order valence-electron chi connectivity index (χ1n) is 24.8. The van der Waals surface area contributed by atoms with Crippen molar-refractivity contribution in [2.45, 2.75) is 224 Å². The monoisotopic (exact) mass is 994 g/mol. The van der Waals surface area contributed by atoms with Crippen LogP contribution in [0.3, 0.4) is 0 Å². The Labute approximate surface area is 397 Å². The van der Waals surface area contributed by atoms with Gasteiger partial charge in [-0.25, -0.2) is 13.9 Å². The van der Waals surface area contributed by atoms with E-state index in [2.05, 4.69) is 35.3 Å². The fourth-order valence-electron chi connectivity index (χ4n) is 7.79. The van der Waals surface area contributed by atoms with Gasteiger partial charge >= 0.3 is 33.3 Å². The Kier molecular flexibility index (Phi) is 29.1. The summed E-state index contributed by atoms with van der Waals surface area (Å²) >= 11 is 0. The molecule has 2 aliphatic rings. The van der Waals surface area contributed by atoms with E-state index in [1.807, 2.05) is 0 Å². The summed E-state index contributed by atoms with van der Waals surface area (Å²) in [5.74, 6) is -1.31. The number of unbranched alkanes of at least 4 members (excludes halogenated alkanes) is 19. The first kappa shape index (κ1) is 58.8. The minimum Gasteiger partial charge on any atom is -0.462 e. The topological polar surface area (TPSA) is 278 Å². The van der Waals surface area contributed by atoms with Gasteiger partial charge in [0.2, 0.25) is 0 Å². The Morgan fingerprint density at radius 3 is 1.93 bits per heavy atom. The summed E-state index contributed by atoms with van der Waals surface area (Å²) in [5, 5.41) is 20.9. The number of epoxide rings is 1. The van der Waals surface area contributed by atoms with Crippen molar-refractivity contribution in [1.29, 1.82) is 0 Å². The molecule has 0 radical (unpaired) electrons. The smallest absolute Gasteiger partial charge is 0.462 e. The van der Waals surface area contributed by atoms with Crippen LogP contribution in [-0.2, 0) is 51.0 Å². The molecule has 21 heteroatoms. The fraction of sp³-hybridized carbons (Fsp3) is 0.826. The molecule has 2 aliphatic heterocycles. The zero-order valence-corrected chi connectivity index (χ0v) is 41.7. The zero-order chi connectivity index (χ0) is 48.9. The quantitative estimate of drug-likeness (QED) is 0.0135. The molecule has 3 heterocycles. The standard InChI is InChI=1S/C46H81N3O16P2/c1-3-5-7-8-9-10-11-12-13-14-19-22-26-30-42(51)62-36(33-59-41(50)29-25-21-18-16-15-17-20-24-28-38-37(63-38)27-23-6-4-2)34-60-66(55,56)65-67(57,58)61-35-39-43(52)44(53)45(64-39)49-32-31-40(47)48-46(49)54/h20,24,31-32,36-39,43-45,52-53H,3-19,21-23,25-30,33-35H2,1-2H3,(H,55,56)(H,57,58)(H2,47,48,54)/b24-20-/t36-,37?,38?,39-,43-,44-,45-/m1/s1. The van der Waals surface area contributed by atoms with E-state index in [4.69, 9.17) is 33.7 Å². The average molecular weight is 994 g/mol. The molecule has 3 rings (SSSR count). The summed E-state index contributed by atoms with van der Waals surface area (Å²) in [6, 6.07) is 1.25. The van der Waals surface area contributed by atoms with Gasteiger partial charge in [-0.3, -0.25) is 23.2 Å². The van der Waals surface area contributed by atoms with Crippen molar-refractivity contribution in [2.75, 3.05) is 25.6 Å². The highest BCUT2D eigenvalue weighted by atomic mass is 31.3. The number of phosphoric ester groups is 2. The van der Waals surface area contributed by atoms with Crippen LogP contribution in [0.2, 0.25) is 0 Å². The molecule has 386 valence electrons. The summed E-state index contributed by atoms with van der Waals surface area (Å²) in [6.07, 6.45) is 24.6. The number of rotatable bonds is 40. The Morgan fingerprint density at radius 1 is 0.731 bits per heavy atom. The molecular weight excluding hydrogens is 912 g/mol. The summed E-state index contributed by atoms with van der Waals surface area (Å²) in [7, 11) is -10.8. The predicted octanol–water partition coefficient (Wildman–Crippen LogP) is 8.66. The molecule has 0 spiro atoms. The Balaban J connectivity index is 1.40. The van der Waals surface area contributed by atoms with Crippen LogP contribution in [0, 0.1) is 0 Å². The normalized spacial score (nSPS) is 22.7. The zero-order valence-electron chi connectivity index (χ0n) is 39.9. The molecule has 19 nitrogen and oxygen atoms in total. The molecule has 6 N–H and O–H groups in total. The Hall–Kier alpha value is -2.54. The molecule has 1 aromatic heterocycles. The van der Waals surface area contributed by atoms with E-state index in [0.29, 0.717) is 25.0 Å². The number of carbonyl (C=O) groups is 2. The van der Waals surface area contributed by atoms with Crippen LogP contribution in [0.25, 0.3) is 0 Å². The van der Waals surface area contributed by atoms with Gasteiger partial charge in [0.05, 0.1) is 25.4 Å². The Bertz CT molecular complexity index is 1740. The summed E-state index contributed by atoms with van der Waals surface area (Å²) in [4.78, 5) is 61.8. The predicted molar refractivity (Wildman–Crippen MR) is 252 cm³/mol. The van der Waals surface area contributed by atoms with E-state index in [0.717, 1.165) is 81.4 Å². The molecule has 9 atom stereocenters. The van der Waals surface area contributed by atoms with Crippen molar-refractivity contribution < 1.29 is 71.0 Å². The minimum absolute atomic E-state index is 0.0492. The number of hydrogen-bond donors (Lipinski definition) is 5. The van der Waals surface area contributed by atoms with Crippen LogP contribution in [0.5, 0.6) is 0 Å². The van der Waals surface area contributed by atoms with Crippen LogP contribution in [0.1, 0.15) is 187 Å². The van der Waals surface area contributed by atoms with Gasteiger partial charge < -0.3 is 44.7 Å². The maximum absolute atomic E-state index is 12.8. The van der Waals surface area contributed by atoms with Crippen molar-refractivity contribution in [1.82, 2.24) is 9.55 Å². The van der Waals surface area contributed by atoms with Crippen LogP contribution in [-0.4, -0.2) is 97.9 Å². The van der Waals surface area contributed by atoms with Crippen molar-refractivity contribution >= 4 is 33.4 Å². The number of ether oxygens (including phenoxy) is 4. The number of carbonyl (C=O) groups excluding carboxylic acids is 2. The van der Waals surface area contributed by atoms with Crippen LogP contribution >= 0.6 is 15.6 Å². The minimum atomic E-state index is -5.42. The number of esters is 2. The van der Waals surface area contributed by atoms with Crippen LogP contribution in [0.15, 0.2) is 29.2 Å². The SMILES string of the molecule is CCCCCCCCCCCCCCCC(=O)O[C@H](COC(=O)CCCCCCC/C=C\CC1OC1CCCCC)COP(=O)(O)OP(=O)(O)OC[C@H]1O[C@@H](n2ccc(N)nc2=O)[C@H](O)[C@@H]1O. The highest BCUT2D eigenvalue weighted by Gasteiger charge is 2.46. The second-order valence-electron chi connectivity index (χ2n) is 17.7. The molecule has 0 amide bonds. The number of nitrogens with zero attached hydrogens (tertiary/aromatic N) is 2. The largest absolute Gasteiger partial charge is 0.481 e. The lowest BCUT2D eigenvalue weighted by atomic mass is 10.0. The molecule has 67 heavy (non-hydrogen) atoms. The number of nitrogen functional groups attached to an aromatic ring is 1.